The third-order valence-electron chi connectivity index (χ3n) is 1.22. The van der Waals surface area contributed by atoms with Crippen molar-refractivity contribution < 1.29 is 14.3 Å². The van der Waals surface area contributed by atoms with Gasteiger partial charge in [0, 0.05) is 16.6 Å². The van der Waals surface area contributed by atoms with E-state index in [0.29, 0.717) is 13.0 Å². The lowest BCUT2D eigenvalue weighted by molar-refractivity contribution is -0.682. The maximum absolute atomic E-state index is 10.4. The van der Waals surface area contributed by atoms with Crippen molar-refractivity contribution >= 4 is 5.97 Å². The zero-order valence-corrected chi connectivity index (χ0v) is 5.16. The van der Waals surface area contributed by atoms with Crippen LogP contribution in [0, 0.1) is 4.91 Å². The molecule has 4 heteroatoms. The van der Waals surface area contributed by atoms with Gasteiger partial charge in [0.15, 0.2) is 0 Å². The van der Waals surface area contributed by atoms with Crippen molar-refractivity contribution in [3.05, 3.63) is 4.91 Å². The predicted octanol–water partition coefficient (Wildman–Crippen LogP) is 0.0582. The molecule has 1 atom stereocenters. The van der Waals surface area contributed by atoms with E-state index in [1.807, 2.05) is 0 Å². The van der Waals surface area contributed by atoms with Gasteiger partial charge >= 0.3 is 12.2 Å². The second-order valence-electron chi connectivity index (χ2n) is 1.99. The first-order valence-electron chi connectivity index (χ1n) is 2.81. The van der Waals surface area contributed by atoms with Crippen LogP contribution in [0.25, 0.3) is 0 Å². The van der Waals surface area contributed by atoms with E-state index >= 15 is 0 Å². The van der Waals surface area contributed by atoms with Crippen LogP contribution in [-0.2, 0) is 9.53 Å². The molecule has 0 aromatic carbocycles. The van der Waals surface area contributed by atoms with Crippen LogP contribution in [0.15, 0.2) is 0 Å². The minimum atomic E-state index is -0.498. The Hall–Kier alpha value is -0.930. The molecule has 0 spiro atoms. The second kappa shape index (κ2) is 2.13. The van der Waals surface area contributed by atoms with E-state index in [1.54, 1.807) is 0 Å². The number of nitrogens with zero attached hydrogens (tertiary/aromatic N) is 1. The predicted molar refractivity (Wildman–Crippen MR) is 28.7 cm³/mol. The summed E-state index contributed by atoms with van der Waals surface area (Å²) in [6.45, 7) is 1.78. The molecule has 0 saturated carbocycles. The Morgan fingerprint density at radius 1 is 1.78 bits per heavy atom. The van der Waals surface area contributed by atoms with Gasteiger partial charge in [-0.25, -0.2) is 0 Å². The highest BCUT2D eigenvalue weighted by Gasteiger charge is 2.39. The maximum atomic E-state index is 10.4. The fraction of sp³-hybridized carbons (Fsp3) is 0.800. The Morgan fingerprint density at radius 3 is 2.56 bits per heavy atom. The minimum Gasteiger partial charge on any atom is -0.399 e. The van der Waals surface area contributed by atoms with Gasteiger partial charge in [-0.2, -0.15) is 0 Å². The molecule has 1 aliphatic heterocycles. The van der Waals surface area contributed by atoms with Gasteiger partial charge < -0.3 is 4.74 Å². The molecule has 0 radical (unpaired) electrons. The van der Waals surface area contributed by atoms with Gasteiger partial charge in [-0.15, -0.1) is 0 Å². The van der Waals surface area contributed by atoms with E-state index in [1.165, 1.54) is 6.92 Å². The van der Waals surface area contributed by atoms with Crippen molar-refractivity contribution in [2.75, 3.05) is 6.54 Å². The van der Waals surface area contributed by atoms with Crippen molar-refractivity contribution in [2.45, 2.75) is 19.6 Å². The number of hydrogen-bond acceptors (Lipinski definition) is 3. The van der Waals surface area contributed by atoms with Gasteiger partial charge in [0.2, 0.25) is 6.54 Å². The number of esters is 1. The van der Waals surface area contributed by atoms with Gasteiger partial charge in [-0.1, -0.05) is 0 Å². The summed E-state index contributed by atoms with van der Waals surface area (Å²) in [7, 11) is 0. The monoisotopic (exact) mass is 130 g/mol. The lowest BCUT2D eigenvalue weighted by Crippen LogP contribution is -2.41. The first-order valence-corrected chi connectivity index (χ1v) is 2.81. The van der Waals surface area contributed by atoms with E-state index in [9.17, 15) is 9.70 Å². The molecule has 1 unspecified atom stereocenters. The van der Waals surface area contributed by atoms with Gasteiger partial charge in [0.05, 0.1) is 0 Å². The topological polar surface area (TPSA) is 46.4 Å². The molecule has 0 aromatic rings. The average molecular weight is 130 g/mol. The Labute approximate surface area is 52.4 Å². The summed E-state index contributed by atoms with van der Waals surface area (Å²) in [5.41, 5.74) is 0. The van der Waals surface area contributed by atoms with Crippen LogP contribution >= 0.6 is 0 Å². The van der Waals surface area contributed by atoms with Crippen LogP contribution in [0.1, 0.15) is 13.3 Å². The average Bonchev–Trinajstić information content (AvgIpc) is 1.79. The molecule has 1 rings (SSSR count). The first kappa shape index (κ1) is 6.19. The third-order valence-corrected chi connectivity index (χ3v) is 1.22. The van der Waals surface area contributed by atoms with E-state index in [4.69, 9.17) is 0 Å². The zero-order valence-electron chi connectivity index (χ0n) is 5.16. The molecule has 1 fully saturated rings. The summed E-state index contributed by atoms with van der Waals surface area (Å²) in [5, 5.41) is 0. The lowest BCUT2D eigenvalue weighted by Gasteiger charge is -2.13. The number of carbonyl (C=O) groups excluding carboxylic acids is 1. The van der Waals surface area contributed by atoms with E-state index < -0.39 is 6.23 Å². The minimum absolute atomic E-state index is 0.388. The summed E-state index contributed by atoms with van der Waals surface area (Å²) < 4.78 is 5.32. The number of hydrogen-bond donors (Lipinski definition) is 0. The Bertz CT molecular complexity index is 154. The van der Waals surface area contributed by atoms with Crippen LogP contribution in [0.3, 0.4) is 0 Å². The van der Waals surface area contributed by atoms with Crippen molar-refractivity contribution in [1.82, 2.24) is 0 Å². The molecule has 0 amide bonds. The number of nitroso groups, excluding NO2 is 1. The summed E-state index contributed by atoms with van der Waals surface area (Å²) in [5.74, 6) is -0.388. The summed E-state index contributed by atoms with van der Waals surface area (Å²) in [6.07, 6.45) is 0.172. The van der Waals surface area contributed by atoms with Crippen molar-refractivity contribution in [3.63, 3.8) is 0 Å². The molecule has 4 nitrogen and oxygen atoms in total. The normalized spacial score (nSPS) is 25.0. The van der Waals surface area contributed by atoms with Crippen molar-refractivity contribution in [1.29, 1.82) is 0 Å². The van der Waals surface area contributed by atoms with Crippen molar-refractivity contribution in [2.24, 2.45) is 0 Å². The van der Waals surface area contributed by atoms with E-state index in [0.717, 1.165) is 4.76 Å². The van der Waals surface area contributed by atoms with Gasteiger partial charge in [0.25, 0.3) is 0 Å². The van der Waals surface area contributed by atoms with Crippen molar-refractivity contribution in [3.8, 4) is 0 Å². The third kappa shape index (κ3) is 1.25. The number of carbonyl (C=O) groups is 1. The molecule has 0 aliphatic carbocycles. The first-order chi connectivity index (χ1) is 4.20. The molecule has 50 valence electrons. The second-order valence-corrected chi connectivity index (χ2v) is 1.99. The van der Waals surface area contributed by atoms with Gasteiger partial charge in [-0.05, 0) is 0 Å². The molecule has 0 N–H and O–H groups in total. The summed E-state index contributed by atoms with van der Waals surface area (Å²) in [4.78, 5) is 20.6. The molecule has 9 heavy (non-hydrogen) atoms. The van der Waals surface area contributed by atoms with Crippen LogP contribution in [0.5, 0.6) is 0 Å². The Balaban J connectivity index is 2.29. The zero-order chi connectivity index (χ0) is 6.85. The van der Waals surface area contributed by atoms with Crippen LogP contribution in [0.4, 0.5) is 0 Å². The van der Waals surface area contributed by atoms with Crippen LogP contribution < -0.4 is 0 Å². The fourth-order valence-corrected chi connectivity index (χ4v) is 0.649. The van der Waals surface area contributed by atoms with E-state index in [-0.39, 0.29) is 5.97 Å². The molecule has 0 aromatic heterocycles. The number of ether oxygens (including phenoxy) is 1. The molecule has 0 bridgehead atoms. The molecule has 1 saturated heterocycles. The maximum Gasteiger partial charge on any atom is 0.351 e. The van der Waals surface area contributed by atoms with Gasteiger partial charge in [-0.3, -0.25) is 4.79 Å². The highest BCUT2D eigenvalue weighted by molar-refractivity contribution is 5.66. The Kier molecular flexibility index (Phi) is 1.46. The van der Waals surface area contributed by atoms with Crippen LogP contribution in [-0.4, -0.2) is 23.5 Å². The molecule has 1 aliphatic rings. The largest absolute Gasteiger partial charge is 0.399 e. The quantitative estimate of drug-likeness (QED) is 0.372. The van der Waals surface area contributed by atoms with Crippen LogP contribution in [0.2, 0.25) is 0 Å². The fourth-order valence-electron chi connectivity index (χ4n) is 0.649. The highest BCUT2D eigenvalue weighted by Crippen LogP contribution is 2.10. The SMILES string of the molecule is CC(=O)OC1CC[N+]1=O. The highest BCUT2D eigenvalue weighted by atomic mass is 16.6. The van der Waals surface area contributed by atoms with Gasteiger partial charge in [0.1, 0.15) is 6.42 Å². The van der Waals surface area contributed by atoms with E-state index in [2.05, 4.69) is 4.74 Å². The Morgan fingerprint density at radius 2 is 2.44 bits per heavy atom. The standard InChI is InChI=1S/C5H8NO3/c1-4(7)9-5-2-3-6(5)8/h5H,2-3H2,1H3/q+1. The summed E-state index contributed by atoms with van der Waals surface area (Å²) in [6, 6.07) is 0. The molecular weight excluding hydrogens is 122 g/mol. The molecule has 1 heterocycles. The molecular formula is C5H8NO3+. The lowest BCUT2D eigenvalue weighted by atomic mass is 10.2. The smallest absolute Gasteiger partial charge is 0.351 e. The number of rotatable bonds is 1. The summed E-state index contributed by atoms with van der Waals surface area (Å²) >= 11 is 0.